The normalized spacial score (nSPS) is 11.9. The van der Waals surface area contributed by atoms with Gasteiger partial charge in [0.1, 0.15) is 11.8 Å². The molecule has 1 aromatic carbocycles. The van der Waals surface area contributed by atoms with Crippen LogP contribution in [0.5, 0.6) is 5.75 Å². The number of ether oxygens (including phenoxy) is 1. The zero-order valence-corrected chi connectivity index (χ0v) is 11.5. The summed E-state index contributed by atoms with van der Waals surface area (Å²) in [4.78, 5) is 0. The number of hydrogen-bond acceptors (Lipinski definition) is 3. The van der Waals surface area contributed by atoms with E-state index in [1.54, 1.807) is 0 Å². The predicted molar refractivity (Wildman–Crippen MR) is 73.5 cm³/mol. The van der Waals surface area contributed by atoms with E-state index in [0.29, 0.717) is 6.42 Å². The molecule has 1 unspecified atom stereocenters. The van der Waals surface area contributed by atoms with Gasteiger partial charge in [-0.1, -0.05) is 31.5 Å². The lowest BCUT2D eigenvalue weighted by Gasteiger charge is -2.15. The third-order valence-electron chi connectivity index (χ3n) is 2.74. The minimum Gasteiger partial charge on any atom is -0.475 e. The molecule has 0 saturated carbocycles. The van der Waals surface area contributed by atoms with E-state index in [1.165, 1.54) is 5.56 Å². The lowest BCUT2D eigenvalue weighted by atomic mass is 10.1. The summed E-state index contributed by atoms with van der Waals surface area (Å²) in [6.07, 6.45) is 1.45. The monoisotopic (exact) mass is 246 g/mol. The topological polar surface area (TPSA) is 45.0 Å². The maximum absolute atomic E-state index is 8.96. The molecule has 1 N–H and O–H groups in total. The summed E-state index contributed by atoms with van der Waals surface area (Å²) in [5, 5.41) is 12.3. The van der Waals surface area contributed by atoms with Crippen molar-refractivity contribution in [2.45, 2.75) is 46.3 Å². The van der Waals surface area contributed by atoms with E-state index in [-0.39, 0.29) is 6.10 Å². The summed E-state index contributed by atoms with van der Waals surface area (Å²) in [6.45, 7) is 7.94. The fourth-order valence-corrected chi connectivity index (χ4v) is 1.72. The molecule has 0 aromatic heterocycles. The van der Waals surface area contributed by atoms with Gasteiger partial charge in [-0.25, -0.2) is 0 Å². The van der Waals surface area contributed by atoms with E-state index >= 15 is 0 Å². The highest BCUT2D eigenvalue weighted by molar-refractivity contribution is 5.37. The number of benzene rings is 1. The standard InChI is InChI=1S/C15H22N2O/c1-4-8-17-11-13-9-12(3)6-7-15(13)18-14(5-2)10-16/h6-7,9,14,17H,4-5,8,11H2,1-3H3. The van der Waals surface area contributed by atoms with Crippen LogP contribution in [0.15, 0.2) is 18.2 Å². The van der Waals surface area contributed by atoms with Crippen molar-refractivity contribution in [3.63, 3.8) is 0 Å². The van der Waals surface area contributed by atoms with Crippen LogP contribution in [0.3, 0.4) is 0 Å². The van der Waals surface area contributed by atoms with E-state index in [1.807, 2.05) is 19.1 Å². The molecule has 0 saturated heterocycles. The molecule has 0 fully saturated rings. The van der Waals surface area contributed by atoms with Gasteiger partial charge in [0.15, 0.2) is 6.10 Å². The zero-order chi connectivity index (χ0) is 13.4. The molecule has 98 valence electrons. The third-order valence-corrected chi connectivity index (χ3v) is 2.74. The van der Waals surface area contributed by atoms with Gasteiger partial charge in [0.2, 0.25) is 0 Å². The Morgan fingerprint density at radius 3 is 2.78 bits per heavy atom. The Morgan fingerprint density at radius 1 is 1.39 bits per heavy atom. The molecule has 0 aliphatic heterocycles. The number of nitrogens with one attached hydrogen (secondary N) is 1. The van der Waals surface area contributed by atoms with E-state index in [0.717, 1.165) is 30.8 Å². The van der Waals surface area contributed by atoms with Crippen LogP contribution in [0.2, 0.25) is 0 Å². The quantitative estimate of drug-likeness (QED) is 0.752. The molecule has 0 heterocycles. The second-order valence-electron chi connectivity index (χ2n) is 4.43. The van der Waals surface area contributed by atoms with Gasteiger partial charge in [0.05, 0.1) is 0 Å². The van der Waals surface area contributed by atoms with Gasteiger partial charge >= 0.3 is 0 Å². The molecular weight excluding hydrogens is 224 g/mol. The molecule has 0 spiro atoms. The predicted octanol–water partition coefficient (Wildman–Crippen LogP) is 3.18. The van der Waals surface area contributed by atoms with E-state index in [4.69, 9.17) is 10.00 Å². The Balaban J connectivity index is 2.79. The van der Waals surface area contributed by atoms with Crippen LogP contribution in [-0.4, -0.2) is 12.6 Å². The first-order chi connectivity index (χ1) is 8.71. The minimum atomic E-state index is -0.363. The van der Waals surface area contributed by atoms with Gasteiger partial charge in [0, 0.05) is 12.1 Å². The van der Waals surface area contributed by atoms with Crippen molar-refractivity contribution in [2.24, 2.45) is 0 Å². The van der Waals surface area contributed by atoms with Crippen LogP contribution in [-0.2, 0) is 6.54 Å². The zero-order valence-electron chi connectivity index (χ0n) is 11.5. The molecule has 1 rings (SSSR count). The van der Waals surface area contributed by atoms with Gasteiger partial charge in [-0.3, -0.25) is 0 Å². The Labute approximate surface area is 110 Å². The molecule has 3 nitrogen and oxygen atoms in total. The van der Waals surface area contributed by atoms with Crippen molar-refractivity contribution in [3.05, 3.63) is 29.3 Å². The summed E-state index contributed by atoms with van der Waals surface area (Å²) in [5.41, 5.74) is 2.33. The third kappa shape index (κ3) is 4.38. The van der Waals surface area contributed by atoms with Gasteiger partial charge in [-0.2, -0.15) is 5.26 Å². The van der Waals surface area contributed by atoms with Gasteiger partial charge in [-0.05, 0) is 32.4 Å². The van der Waals surface area contributed by atoms with Gasteiger partial charge in [0.25, 0.3) is 0 Å². The molecular formula is C15H22N2O. The van der Waals surface area contributed by atoms with Crippen molar-refractivity contribution in [2.75, 3.05) is 6.54 Å². The van der Waals surface area contributed by atoms with Crippen LogP contribution in [0.1, 0.15) is 37.8 Å². The summed E-state index contributed by atoms with van der Waals surface area (Å²) < 4.78 is 5.73. The van der Waals surface area contributed by atoms with Crippen LogP contribution in [0, 0.1) is 18.3 Å². The number of aryl methyl sites for hydroxylation is 1. The Hall–Kier alpha value is -1.53. The maximum Gasteiger partial charge on any atom is 0.184 e. The molecule has 0 radical (unpaired) electrons. The van der Waals surface area contributed by atoms with Crippen molar-refractivity contribution < 1.29 is 4.74 Å². The number of nitriles is 1. The highest BCUT2D eigenvalue weighted by atomic mass is 16.5. The maximum atomic E-state index is 8.96. The lowest BCUT2D eigenvalue weighted by Crippen LogP contribution is -2.17. The van der Waals surface area contributed by atoms with Crippen LogP contribution in [0.25, 0.3) is 0 Å². The Kier molecular flexibility index (Phi) is 6.24. The van der Waals surface area contributed by atoms with Crippen LogP contribution >= 0.6 is 0 Å². The molecule has 1 aromatic rings. The fourth-order valence-electron chi connectivity index (χ4n) is 1.72. The van der Waals surface area contributed by atoms with E-state index < -0.39 is 0 Å². The molecule has 0 aliphatic carbocycles. The highest BCUT2D eigenvalue weighted by Crippen LogP contribution is 2.21. The molecule has 0 amide bonds. The Bertz CT molecular complexity index is 409. The van der Waals surface area contributed by atoms with Crippen molar-refractivity contribution >= 4 is 0 Å². The Morgan fingerprint density at radius 2 is 2.17 bits per heavy atom. The number of nitrogens with zero attached hydrogens (tertiary/aromatic N) is 1. The molecule has 3 heteroatoms. The number of rotatable bonds is 7. The van der Waals surface area contributed by atoms with Crippen LogP contribution < -0.4 is 10.1 Å². The second kappa shape index (κ2) is 7.73. The van der Waals surface area contributed by atoms with E-state index in [2.05, 4.69) is 31.3 Å². The summed E-state index contributed by atoms with van der Waals surface area (Å²) in [5.74, 6) is 0.817. The molecule has 0 aliphatic rings. The highest BCUT2D eigenvalue weighted by Gasteiger charge is 2.10. The SMILES string of the molecule is CCCNCc1cc(C)ccc1OC(C#N)CC. The van der Waals surface area contributed by atoms with Crippen LogP contribution in [0.4, 0.5) is 0 Å². The van der Waals surface area contributed by atoms with Gasteiger partial charge in [-0.15, -0.1) is 0 Å². The van der Waals surface area contributed by atoms with Crippen molar-refractivity contribution in [1.82, 2.24) is 5.32 Å². The second-order valence-corrected chi connectivity index (χ2v) is 4.43. The van der Waals surface area contributed by atoms with E-state index in [9.17, 15) is 0 Å². The summed E-state index contributed by atoms with van der Waals surface area (Å²) >= 11 is 0. The summed E-state index contributed by atoms with van der Waals surface area (Å²) in [6, 6.07) is 8.25. The van der Waals surface area contributed by atoms with Crippen molar-refractivity contribution in [3.8, 4) is 11.8 Å². The first-order valence-electron chi connectivity index (χ1n) is 6.57. The largest absolute Gasteiger partial charge is 0.475 e. The summed E-state index contributed by atoms with van der Waals surface area (Å²) in [7, 11) is 0. The van der Waals surface area contributed by atoms with Crippen molar-refractivity contribution in [1.29, 1.82) is 5.26 Å². The molecule has 18 heavy (non-hydrogen) atoms. The average molecular weight is 246 g/mol. The first-order valence-corrected chi connectivity index (χ1v) is 6.57. The smallest absolute Gasteiger partial charge is 0.184 e. The molecule has 0 bridgehead atoms. The minimum absolute atomic E-state index is 0.363. The lowest BCUT2D eigenvalue weighted by molar-refractivity contribution is 0.249. The first kappa shape index (κ1) is 14.5. The molecule has 1 atom stereocenters. The number of hydrogen-bond donors (Lipinski definition) is 1. The fraction of sp³-hybridized carbons (Fsp3) is 0.533. The average Bonchev–Trinajstić information content (AvgIpc) is 2.38. The van der Waals surface area contributed by atoms with Gasteiger partial charge < -0.3 is 10.1 Å².